The van der Waals surface area contributed by atoms with E-state index in [-0.39, 0.29) is 17.9 Å². The lowest BCUT2D eigenvalue weighted by Gasteiger charge is -1.98. The predicted molar refractivity (Wildman–Crippen MR) is 46.6 cm³/mol. The lowest BCUT2D eigenvalue weighted by molar-refractivity contribution is 0.122. The molecule has 1 saturated heterocycles. The van der Waals surface area contributed by atoms with Crippen LogP contribution < -0.4 is 0 Å². The van der Waals surface area contributed by atoms with Gasteiger partial charge in [-0.1, -0.05) is 0 Å². The van der Waals surface area contributed by atoms with Crippen molar-refractivity contribution in [2.45, 2.75) is 31.2 Å². The highest BCUT2D eigenvalue weighted by Gasteiger charge is 2.27. The van der Waals surface area contributed by atoms with E-state index in [4.69, 9.17) is 20.8 Å². The summed E-state index contributed by atoms with van der Waals surface area (Å²) in [6.45, 7) is 2.71. The van der Waals surface area contributed by atoms with Crippen LogP contribution in [-0.2, 0) is 10.6 Å². The maximum atomic E-state index is 5.55. The fraction of sp³-hybridized carbons (Fsp3) is 0.750. The zero-order valence-corrected chi connectivity index (χ0v) is 8.12. The number of alkyl halides is 1. The van der Waals surface area contributed by atoms with Crippen molar-refractivity contribution in [3.63, 3.8) is 0 Å². The lowest BCUT2D eigenvalue weighted by Crippen LogP contribution is -1.98. The summed E-state index contributed by atoms with van der Waals surface area (Å²) in [6.07, 6.45) is 1.24. The molecule has 0 amide bonds. The Bertz CT molecular complexity index is 289. The van der Waals surface area contributed by atoms with Gasteiger partial charge >= 0.3 is 0 Å². The molecule has 1 aromatic heterocycles. The quantitative estimate of drug-likeness (QED) is 0.685. The van der Waals surface area contributed by atoms with Crippen LogP contribution in [0, 0.1) is 0 Å². The van der Waals surface area contributed by atoms with Gasteiger partial charge in [-0.15, -0.1) is 21.8 Å². The molecular formula is C8H11ClN2O2. The summed E-state index contributed by atoms with van der Waals surface area (Å²) < 4.78 is 10.7. The fourth-order valence-corrected chi connectivity index (χ4v) is 1.58. The van der Waals surface area contributed by atoms with Gasteiger partial charge < -0.3 is 9.15 Å². The Morgan fingerprint density at radius 1 is 1.54 bits per heavy atom. The molecule has 0 spiro atoms. The molecule has 2 rings (SSSR count). The summed E-state index contributed by atoms with van der Waals surface area (Å²) in [5.41, 5.74) is 0. The Morgan fingerprint density at radius 3 is 2.92 bits per heavy atom. The van der Waals surface area contributed by atoms with E-state index in [0.29, 0.717) is 18.4 Å². The summed E-state index contributed by atoms with van der Waals surface area (Å²) >= 11 is 5.55. The van der Waals surface area contributed by atoms with Gasteiger partial charge in [0.25, 0.3) is 0 Å². The van der Waals surface area contributed by atoms with E-state index in [9.17, 15) is 0 Å². The first-order valence-electron chi connectivity index (χ1n) is 4.29. The summed E-state index contributed by atoms with van der Waals surface area (Å²) in [7, 11) is 0. The van der Waals surface area contributed by atoms with Crippen molar-refractivity contribution in [1.29, 1.82) is 0 Å². The molecular weight excluding hydrogens is 192 g/mol. The Hall–Kier alpha value is -0.610. The van der Waals surface area contributed by atoms with Crippen LogP contribution in [0.1, 0.15) is 31.0 Å². The first kappa shape index (κ1) is 8.97. The van der Waals surface area contributed by atoms with Gasteiger partial charge in [0.15, 0.2) is 0 Å². The average molecular weight is 203 g/mol. The SMILES string of the molecule is CC1CC(c2nnc(CCl)o2)CO1. The fourth-order valence-electron chi connectivity index (χ4n) is 1.47. The molecule has 0 aromatic carbocycles. The zero-order valence-electron chi connectivity index (χ0n) is 7.36. The molecule has 0 N–H and O–H groups in total. The maximum absolute atomic E-state index is 5.55. The number of nitrogens with zero attached hydrogens (tertiary/aromatic N) is 2. The number of aromatic nitrogens is 2. The molecule has 2 atom stereocenters. The molecule has 2 unspecified atom stereocenters. The standard InChI is InChI=1S/C8H11ClN2O2/c1-5-2-6(4-12-5)8-11-10-7(3-9)13-8/h5-6H,2-4H2,1H3. The predicted octanol–water partition coefficient (Wildman–Crippen LogP) is 1.70. The third-order valence-corrected chi connectivity index (χ3v) is 2.37. The van der Waals surface area contributed by atoms with Crippen LogP contribution in [-0.4, -0.2) is 22.9 Å². The lowest BCUT2D eigenvalue weighted by atomic mass is 10.1. The minimum Gasteiger partial charge on any atom is -0.424 e. The third-order valence-electron chi connectivity index (χ3n) is 2.14. The average Bonchev–Trinajstić information content (AvgIpc) is 2.71. The van der Waals surface area contributed by atoms with E-state index in [0.717, 1.165) is 6.42 Å². The van der Waals surface area contributed by atoms with Crippen LogP contribution in [0.25, 0.3) is 0 Å². The van der Waals surface area contributed by atoms with E-state index in [2.05, 4.69) is 10.2 Å². The van der Waals surface area contributed by atoms with E-state index >= 15 is 0 Å². The third kappa shape index (κ3) is 1.84. The Balaban J connectivity index is 2.08. The molecule has 1 fully saturated rings. The molecule has 13 heavy (non-hydrogen) atoms. The summed E-state index contributed by atoms with van der Waals surface area (Å²) in [4.78, 5) is 0. The van der Waals surface area contributed by atoms with E-state index in [1.807, 2.05) is 6.92 Å². The van der Waals surface area contributed by atoms with Gasteiger partial charge in [0, 0.05) is 0 Å². The van der Waals surface area contributed by atoms with Crippen molar-refractivity contribution in [3.05, 3.63) is 11.8 Å². The van der Waals surface area contributed by atoms with Crippen molar-refractivity contribution < 1.29 is 9.15 Å². The van der Waals surface area contributed by atoms with Crippen LogP contribution in [0.2, 0.25) is 0 Å². The van der Waals surface area contributed by atoms with Crippen LogP contribution in [0.15, 0.2) is 4.42 Å². The molecule has 1 aliphatic heterocycles. The molecule has 1 aliphatic rings. The van der Waals surface area contributed by atoms with E-state index in [1.54, 1.807) is 0 Å². The van der Waals surface area contributed by atoms with Crippen molar-refractivity contribution in [1.82, 2.24) is 10.2 Å². The minimum atomic E-state index is 0.250. The van der Waals surface area contributed by atoms with E-state index < -0.39 is 0 Å². The highest BCUT2D eigenvalue weighted by Crippen LogP contribution is 2.28. The van der Waals surface area contributed by atoms with Crippen LogP contribution in [0.3, 0.4) is 0 Å². The maximum Gasteiger partial charge on any atom is 0.231 e. The van der Waals surface area contributed by atoms with Gasteiger partial charge in [0.05, 0.1) is 18.6 Å². The highest BCUT2D eigenvalue weighted by molar-refractivity contribution is 6.16. The molecule has 1 aromatic rings. The summed E-state index contributed by atoms with van der Waals surface area (Å²) in [5, 5.41) is 7.72. The van der Waals surface area contributed by atoms with Gasteiger partial charge in [-0.25, -0.2) is 0 Å². The Morgan fingerprint density at radius 2 is 2.38 bits per heavy atom. The topological polar surface area (TPSA) is 48.2 Å². The van der Waals surface area contributed by atoms with Gasteiger partial charge in [0.1, 0.15) is 5.88 Å². The molecule has 72 valence electrons. The monoisotopic (exact) mass is 202 g/mol. The smallest absolute Gasteiger partial charge is 0.231 e. The van der Waals surface area contributed by atoms with Crippen molar-refractivity contribution in [3.8, 4) is 0 Å². The van der Waals surface area contributed by atoms with Crippen molar-refractivity contribution in [2.75, 3.05) is 6.61 Å². The highest BCUT2D eigenvalue weighted by atomic mass is 35.5. The normalized spacial score (nSPS) is 28.2. The van der Waals surface area contributed by atoms with Gasteiger partial charge in [-0.3, -0.25) is 0 Å². The Kier molecular flexibility index (Phi) is 2.51. The second kappa shape index (κ2) is 3.64. The second-order valence-electron chi connectivity index (χ2n) is 3.24. The van der Waals surface area contributed by atoms with E-state index in [1.165, 1.54) is 0 Å². The molecule has 2 heterocycles. The Labute approximate surface area is 81.2 Å². The van der Waals surface area contributed by atoms with Crippen LogP contribution in [0.4, 0.5) is 0 Å². The molecule has 0 aliphatic carbocycles. The van der Waals surface area contributed by atoms with Crippen molar-refractivity contribution in [2.24, 2.45) is 0 Å². The van der Waals surface area contributed by atoms with Crippen LogP contribution in [0.5, 0.6) is 0 Å². The van der Waals surface area contributed by atoms with Crippen LogP contribution >= 0.6 is 11.6 Å². The second-order valence-corrected chi connectivity index (χ2v) is 3.51. The number of hydrogen-bond acceptors (Lipinski definition) is 4. The largest absolute Gasteiger partial charge is 0.424 e. The van der Waals surface area contributed by atoms with Gasteiger partial charge in [-0.05, 0) is 13.3 Å². The minimum absolute atomic E-state index is 0.250. The zero-order chi connectivity index (χ0) is 9.26. The summed E-state index contributed by atoms with van der Waals surface area (Å²) in [5.74, 6) is 1.66. The number of ether oxygens (including phenoxy) is 1. The molecule has 0 bridgehead atoms. The number of halogens is 1. The number of rotatable bonds is 2. The molecule has 5 heteroatoms. The molecule has 4 nitrogen and oxygen atoms in total. The van der Waals surface area contributed by atoms with Gasteiger partial charge in [0.2, 0.25) is 11.8 Å². The molecule has 0 saturated carbocycles. The summed E-state index contributed by atoms with van der Waals surface area (Å²) in [6, 6.07) is 0. The van der Waals surface area contributed by atoms with Crippen molar-refractivity contribution >= 4 is 11.6 Å². The van der Waals surface area contributed by atoms with Gasteiger partial charge in [-0.2, -0.15) is 0 Å². The first-order valence-corrected chi connectivity index (χ1v) is 4.83. The first-order chi connectivity index (χ1) is 6.29. The number of hydrogen-bond donors (Lipinski definition) is 0. The molecule has 0 radical (unpaired) electrons.